The van der Waals surface area contributed by atoms with Crippen molar-refractivity contribution in [2.75, 3.05) is 39.8 Å². The first-order valence-electron chi connectivity index (χ1n) is 15.7. The molecule has 4 rings (SSSR count). The van der Waals surface area contributed by atoms with Crippen LogP contribution < -0.4 is 15.4 Å². The number of Topliss-reactive ketones (excluding diaryl/α,β-unsaturated/α-hetero) is 1. The van der Waals surface area contributed by atoms with E-state index >= 15 is 0 Å². The molecular formula is C34H43N5O7. The van der Waals surface area contributed by atoms with Crippen LogP contribution in [0.3, 0.4) is 0 Å². The summed E-state index contributed by atoms with van der Waals surface area (Å²) in [6.45, 7) is 6.32. The minimum atomic E-state index is -0.792. The molecule has 4 amide bonds. The van der Waals surface area contributed by atoms with Gasteiger partial charge in [0.1, 0.15) is 24.1 Å². The minimum Gasteiger partial charge on any atom is -0.508 e. The van der Waals surface area contributed by atoms with Crippen molar-refractivity contribution in [1.82, 2.24) is 25.0 Å². The number of ketones is 1. The van der Waals surface area contributed by atoms with Gasteiger partial charge in [-0.05, 0) is 57.2 Å². The highest BCUT2D eigenvalue weighted by molar-refractivity contribution is 6.08. The molecule has 1 aromatic heterocycles. The van der Waals surface area contributed by atoms with E-state index in [9.17, 15) is 29.1 Å². The van der Waals surface area contributed by atoms with E-state index in [1.807, 2.05) is 29.7 Å². The minimum absolute atomic E-state index is 0.0504. The highest BCUT2D eigenvalue weighted by Crippen LogP contribution is 2.26. The maximum Gasteiger partial charge on any atom is 0.258 e. The average Bonchev–Trinajstić information content (AvgIpc) is 3.40. The molecule has 0 unspecified atom stereocenters. The van der Waals surface area contributed by atoms with Gasteiger partial charge in [0, 0.05) is 62.0 Å². The lowest BCUT2D eigenvalue weighted by molar-refractivity contribution is -0.135. The summed E-state index contributed by atoms with van der Waals surface area (Å²) in [5, 5.41) is 16.4. The Kier molecular flexibility index (Phi) is 11.4. The zero-order valence-corrected chi connectivity index (χ0v) is 26.9. The van der Waals surface area contributed by atoms with Gasteiger partial charge in [-0.15, -0.1) is 0 Å². The van der Waals surface area contributed by atoms with E-state index in [4.69, 9.17) is 4.74 Å². The highest BCUT2D eigenvalue weighted by atomic mass is 16.5. The topological polar surface area (TPSA) is 150 Å². The fraction of sp³-hybridized carbons (Fsp3) is 0.441. The molecule has 2 bridgehead atoms. The van der Waals surface area contributed by atoms with Gasteiger partial charge >= 0.3 is 0 Å². The number of benzene rings is 2. The van der Waals surface area contributed by atoms with Gasteiger partial charge in [0.15, 0.2) is 12.4 Å². The van der Waals surface area contributed by atoms with Gasteiger partial charge in [-0.3, -0.25) is 24.0 Å². The zero-order chi connectivity index (χ0) is 33.4. The van der Waals surface area contributed by atoms with Gasteiger partial charge in [-0.2, -0.15) is 0 Å². The van der Waals surface area contributed by atoms with E-state index in [0.717, 1.165) is 22.9 Å². The van der Waals surface area contributed by atoms with E-state index in [1.165, 1.54) is 25.1 Å². The van der Waals surface area contributed by atoms with Crippen LogP contribution in [0.4, 0.5) is 0 Å². The average molecular weight is 634 g/mol. The van der Waals surface area contributed by atoms with Crippen molar-refractivity contribution in [3.8, 4) is 11.5 Å². The maximum absolute atomic E-state index is 13.8. The lowest BCUT2D eigenvalue weighted by atomic mass is 10.1. The van der Waals surface area contributed by atoms with Crippen LogP contribution in [0, 0.1) is 0 Å². The van der Waals surface area contributed by atoms with Crippen molar-refractivity contribution in [2.24, 2.45) is 0 Å². The number of likely N-dealkylation sites (N-methyl/N-ethyl adjacent to an activating group) is 1. The molecule has 3 N–H and O–H groups in total. The number of fused-ring (bicyclic) bond motifs is 3. The van der Waals surface area contributed by atoms with Crippen LogP contribution in [0.5, 0.6) is 11.5 Å². The molecule has 46 heavy (non-hydrogen) atoms. The van der Waals surface area contributed by atoms with Gasteiger partial charge in [-0.25, -0.2) is 0 Å². The summed E-state index contributed by atoms with van der Waals surface area (Å²) in [5.74, 6) is -1.50. The summed E-state index contributed by atoms with van der Waals surface area (Å²) < 4.78 is 7.34. The summed E-state index contributed by atoms with van der Waals surface area (Å²) >= 11 is 0. The van der Waals surface area contributed by atoms with Crippen LogP contribution in [-0.2, 0) is 27.3 Å². The molecule has 0 spiro atoms. The Bertz CT molecular complexity index is 1610. The van der Waals surface area contributed by atoms with Crippen LogP contribution in [0.2, 0.25) is 0 Å². The summed E-state index contributed by atoms with van der Waals surface area (Å²) in [5.41, 5.74) is 2.64. The van der Waals surface area contributed by atoms with E-state index in [-0.39, 0.29) is 47.7 Å². The second kappa shape index (κ2) is 15.4. The second-order valence-corrected chi connectivity index (χ2v) is 11.6. The molecule has 3 aromatic rings. The molecule has 246 valence electrons. The van der Waals surface area contributed by atoms with Crippen LogP contribution in [0.15, 0.2) is 42.6 Å². The number of aromatic hydroxyl groups is 1. The first kappa shape index (κ1) is 34.0. The third-order valence-corrected chi connectivity index (χ3v) is 8.11. The first-order valence-corrected chi connectivity index (χ1v) is 15.7. The molecule has 0 aliphatic carbocycles. The van der Waals surface area contributed by atoms with E-state index in [2.05, 4.69) is 10.6 Å². The number of nitrogens with zero attached hydrogens (tertiary/aromatic N) is 3. The van der Waals surface area contributed by atoms with Crippen LogP contribution >= 0.6 is 0 Å². The number of hydrogen-bond acceptors (Lipinski definition) is 7. The largest absolute Gasteiger partial charge is 0.508 e. The van der Waals surface area contributed by atoms with Crippen LogP contribution in [0.25, 0.3) is 10.9 Å². The van der Waals surface area contributed by atoms with E-state index < -0.39 is 24.5 Å². The molecule has 1 aliphatic rings. The molecule has 2 heterocycles. The van der Waals surface area contributed by atoms with Gasteiger partial charge in [0.05, 0.1) is 5.52 Å². The third-order valence-electron chi connectivity index (χ3n) is 8.11. The van der Waals surface area contributed by atoms with Gasteiger partial charge in [-0.1, -0.05) is 25.1 Å². The fourth-order valence-corrected chi connectivity index (χ4v) is 5.69. The molecule has 0 radical (unpaired) electrons. The van der Waals surface area contributed by atoms with Crippen molar-refractivity contribution in [3.63, 3.8) is 0 Å². The maximum atomic E-state index is 13.8. The number of carbonyl (C=O) groups excluding carboxylic acids is 5. The van der Waals surface area contributed by atoms with Gasteiger partial charge in [0.25, 0.3) is 11.8 Å². The Labute approximate surface area is 268 Å². The first-order chi connectivity index (χ1) is 22.0. The Balaban J connectivity index is 1.54. The lowest BCUT2D eigenvalue weighted by Gasteiger charge is -2.25. The number of aromatic nitrogens is 1. The Hall–Kier alpha value is -4.87. The highest BCUT2D eigenvalue weighted by Gasteiger charge is 2.22. The Morgan fingerprint density at radius 2 is 1.78 bits per heavy atom. The van der Waals surface area contributed by atoms with Crippen molar-refractivity contribution in [3.05, 3.63) is 59.3 Å². The number of carbonyl (C=O) groups is 5. The van der Waals surface area contributed by atoms with Gasteiger partial charge in [0.2, 0.25) is 11.8 Å². The number of phenolic OH excluding ortho intramolecular Hbond substituents is 1. The quantitative estimate of drug-likeness (QED) is 0.374. The number of hydrogen-bond donors (Lipinski definition) is 3. The van der Waals surface area contributed by atoms with Gasteiger partial charge < -0.3 is 34.8 Å². The van der Waals surface area contributed by atoms with Crippen molar-refractivity contribution in [1.29, 1.82) is 0 Å². The number of para-hydroxylation sites is 1. The van der Waals surface area contributed by atoms with Crippen molar-refractivity contribution >= 4 is 40.3 Å². The zero-order valence-electron chi connectivity index (χ0n) is 26.9. The lowest BCUT2D eigenvalue weighted by Crippen LogP contribution is -2.47. The van der Waals surface area contributed by atoms with Crippen LogP contribution in [0.1, 0.15) is 66.3 Å². The molecule has 1 atom stereocenters. The summed E-state index contributed by atoms with van der Waals surface area (Å²) in [7, 11) is 1.67. The second-order valence-electron chi connectivity index (χ2n) is 11.6. The molecular weight excluding hydrogens is 590 g/mol. The SMILES string of the molecule is CCc1cccc2c(C(C)=O)cn(CC(=O)N3CCCCN(C)C(=O)[C@H](C)NC(=O)COc4cc(O)cc(c4)C(=O)NCCC3)c12. The normalized spacial score (nSPS) is 17.7. The predicted octanol–water partition coefficient (Wildman–Crippen LogP) is 2.90. The molecule has 0 fully saturated rings. The number of aryl methyl sites for hydroxylation is 1. The summed E-state index contributed by atoms with van der Waals surface area (Å²) in [4.78, 5) is 67.7. The molecule has 0 saturated carbocycles. The smallest absolute Gasteiger partial charge is 0.258 e. The third kappa shape index (κ3) is 8.43. The fourth-order valence-electron chi connectivity index (χ4n) is 5.69. The monoisotopic (exact) mass is 633 g/mol. The van der Waals surface area contributed by atoms with Crippen molar-refractivity contribution < 1.29 is 33.8 Å². The standard InChI is InChI=1S/C34H43N5O7/c1-5-24-10-8-11-28-29(23(3)40)19-39(32(24)28)20-31(43)38-14-7-6-13-37(4)34(45)22(2)36-30(42)21-46-27-17-25(16-26(41)18-27)33(44)35-12-9-15-38/h8,10-11,16-19,22,41H,5-7,9,12-15,20-21H2,1-4H3,(H,35,44)(H,36,42)/t22-/m0/s1. The number of nitrogens with one attached hydrogen (secondary N) is 2. The Morgan fingerprint density at radius 1 is 1.04 bits per heavy atom. The summed E-state index contributed by atoms with van der Waals surface area (Å²) in [6, 6.07) is 9.04. The Morgan fingerprint density at radius 3 is 2.52 bits per heavy atom. The van der Waals surface area contributed by atoms with Crippen molar-refractivity contribution in [2.45, 2.75) is 59.0 Å². The number of ether oxygens (including phenoxy) is 1. The predicted molar refractivity (Wildman–Crippen MR) is 173 cm³/mol. The molecule has 2 aromatic carbocycles. The van der Waals surface area contributed by atoms with Crippen LogP contribution in [-0.4, -0.2) is 94.8 Å². The van der Waals surface area contributed by atoms with E-state index in [1.54, 1.807) is 30.0 Å². The van der Waals surface area contributed by atoms with E-state index in [0.29, 0.717) is 44.5 Å². The molecule has 0 saturated heterocycles. The molecule has 12 heteroatoms. The molecule has 1 aliphatic heterocycles. The molecule has 12 nitrogen and oxygen atoms in total. The number of amides is 4. The number of rotatable bonds is 4. The summed E-state index contributed by atoms with van der Waals surface area (Å²) in [6.07, 6.45) is 4.23. The number of phenols is 1.